The Bertz CT molecular complexity index is 220. The summed E-state index contributed by atoms with van der Waals surface area (Å²) in [6.45, 7) is 13.4. The van der Waals surface area contributed by atoms with Gasteiger partial charge in [0.15, 0.2) is 0 Å². The Balaban J connectivity index is 2.15. The molecule has 0 aliphatic carbocycles. The Hall–Kier alpha value is -0.380. The monoisotopic (exact) mass is 240 g/mol. The second-order valence-electron chi connectivity index (χ2n) is 5.28. The molecule has 1 unspecified atom stereocenters. The fraction of sp³-hybridized carbons (Fsp3) is 0.857. The third-order valence-corrected chi connectivity index (χ3v) is 3.56. The van der Waals surface area contributed by atoms with E-state index in [1.54, 1.807) is 0 Å². The van der Waals surface area contributed by atoms with E-state index in [1.807, 2.05) is 6.92 Å². The van der Waals surface area contributed by atoms with Gasteiger partial charge in [-0.3, -0.25) is 4.90 Å². The van der Waals surface area contributed by atoms with Gasteiger partial charge >= 0.3 is 0 Å². The van der Waals surface area contributed by atoms with Gasteiger partial charge in [0.2, 0.25) is 0 Å². The van der Waals surface area contributed by atoms with E-state index in [4.69, 9.17) is 0 Å². The molecule has 1 fully saturated rings. The van der Waals surface area contributed by atoms with Gasteiger partial charge in [0.25, 0.3) is 0 Å². The van der Waals surface area contributed by atoms with Gasteiger partial charge in [0, 0.05) is 13.1 Å². The lowest BCUT2D eigenvalue weighted by Gasteiger charge is -2.33. The highest BCUT2D eigenvalue weighted by Crippen LogP contribution is 2.20. The first-order chi connectivity index (χ1) is 8.13. The largest absolute Gasteiger partial charge is 0.393 e. The Kier molecular flexibility index (Phi) is 6.78. The predicted molar refractivity (Wildman–Crippen MR) is 73.1 cm³/mol. The van der Waals surface area contributed by atoms with E-state index in [1.165, 1.54) is 12.0 Å². The van der Waals surface area contributed by atoms with Crippen molar-refractivity contribution in [3.8, 4) is 0 Å². The number of hydrogen-bond donors (Lipinski definition) is 2. The van der Waals surface area contributed by atoms with Crippen LogP contribution in [0.15, 0.2) is 12.2 Å². The molecule has 0 radical (unpaired) electrons. The number of likely N-dealkylation sites (tertiary alicyclic amines) is 1. The van der Waals surface area contributed by atoms with Crippen molar-refractivity contribution in [1.82, 2.24) is 10.2 Å². The highest BCUT2D eigenvalue weighted by molar-refractivity contribution is 5.00. The Morgan fingerprint density at radius 1 is 1.47 bits per heavy atom. The molecule has 1 rings (SSSR count). The van der Waals surface area contributed by atoms with Gasteiger partial charge in [0.05, 0.1) is 6.10 Å². The van der Waals surface area contributed by atoms with E-state index in [2.05, 4.69) is 23.7 Å². The summed E-state index contributed by atoms with van der Waals surface area (Å²) in [5, 5.41) is 12.9. The van der Waals surface area contributed by atoms with E-state index in [0.717, 1.165) is 45.6 Å². The van der Waals surface area contributed by atoms with E-state index in [-0.39, 0.29) is 6.10 Å². The minimum atomic E-state index is -0.147. The number of nitrogens with zero attached hydrogens (tertiary/aromatic N) is 1. The second kappa shape index (κ2) is 7.85. The molecule has 0 aromatic rings. The molecular weight excluding hydrogens is 212 g/mol. The number of aliphatic hydroxyl groups is 1. The van der Waals surface area contributed by atoms with Crippen LogP contribution in [0.1, 0.15) is 33.1 Å². The zero-order valence-electron chi connectivity index (χ0n) is 11.4. The highest BCUT2D eigenvalue weighted by atomic mass is 16.3. The molecule has 3 heteroatoms. The van der Waals surface area contributed by atoms with Gasteiger partial charge in [-0.1, -0.05) is 13.5 Å². The number of nitrogens with one attached hydrogen (secondary N) is 1. The van der Waals surface area contributed by atoms with Crippen molar-refractivity contribution in [3.63, 3.8) is 0 Å². The summed E-state index contributed by atoms with van der Waals surface area (Å²) < 4.78 is 0. The topological polar surface area (TPSA) is 35.5 Å². The van der Waals surface area contributed by atoms with Crippen LogP contribution in [0.3, 0.4) is 0 Å². The van der Waals surface area contributed by atoms with Crippen molar-refractivity contribution in [2.45, 2.75) is 39.2 Å². The SMILES string of the molecule is C=C(CNCCC)CN1CCC(C(C)O)CC1. The molecule has 2 N–H and O–H groups in total. The highest BCUT2D eigenvalue weighted by Gasteiger charge is 2.22. The quantitative estimate of drug-likeness (QED) is 0.524. The average Bonchev–Trinajstić information content (AvgIpc) is 2.30. The molecule has 17 heavy (non-hydrogen) atoms. The van der Waals surface area contributed by atoms with Gasteiger partial charge in [-0.2, -0.15) is 0 Å². The fourth-order valence-electron chi connectivity index (χ4n) is 2.41. The lowest BCUT2D eigenvalue weighted by molar-refractivity contribution is 0.0747. The molecule has 1 aliphatic heterocycles. The van der Waals surface area contributed by atoms with Crippen LogP contribution in [0.2, 0.25) is 0 Å². The zero-order valence-corrected chi connectivity index (χ0v) is 11.4. The Morgan fingerprint density at radius 3 is 2.65 bits per heavy atom. The normalized spacial score (nSPS) is 20.4. The van der Waals surface area contributed by atoms with Gasteiger partial charge in [-0.25, -0.2) is 0 Å². The van der Waals surface area contributed by atoms with Crippen molar-refractivity contribution in [1.29, 1.82) is 0 Å². The molecule has 0 aromatic carbocycles. The van der Waals surface area contributed by atoms with Gasteiger partial charge in [-0.15, -0.1) is 0 Å². The molecule has 100 valence electrons. The molecular formula is C14H28N2O. The zero-order chi connectivity index (χ0) is 12.7. The van der Waals surface area contributed by atoms with Crippen LogP contribution in [0.4, 0.5) is 0 Å². The molecule has 0 bridgehead atoms. The first kappa shape index (κ1) is 14.7. The van der Waals surface area contributed by atoms with Crippen LogP contribution < -0.4 is 5.32 Å². The molecule has 1 saturated heterocycles. The van der Waals surface area contributed by atoms with E-state index in [0.29, 0.717) is 5.92 Å². The minimum absolute atomic E-state index is 0.147. The summed E-state index contributed by atoms with van der Waals surface area (Å²) in [5.74, 6) is 0.498. The van der Waals surface area contributed by atoms with Gasteiger partial charge in [-0.05, 0) is 57.3 Å². The predicted octanol–water partition coefficient (Wildman–Crippen LogP) is 1.63. The molecule has 0 spiro atoms. The Labute approximate surface area is 106 Å². The number of rotatable bonds is 7. The number of piperidine rings is 1. The van der Waals surface area contributed by atoms with Crippen LogP contribution in [-0.4, -0.2) is 48.8 Å². The van der Waals surface area contributed by atoms with E-state index in [9.17, 15) is 5.11 Å². The van der Waals surface area contributed by atoms with Crippen LogP contribution >= 0.6 is 0 Å². The summed E-state index contributed by atoms with van der Waals surface area (Å²) in [5.41, 5.74) is 1.27. The summed E-state index contributed by atoms with van der Waals surface area (Å²) in [6.07, 6.45) is 3.26. The maximum Gasteiger partial charge on any atom is 0.0541 e. The fourth-order valence-corrected chi connectivity index (χ4v) is 2.41. The van der Waals surface area contributed by atoms with Crippen molar-refractivity contribution in [3.05, 3.63) is 12.2 Å². The summed E-state index contributed by atoms with van der Waals surface area (Å²) in [4.78, 5) is 2.45. The first-order valence-corrected chi connectivity index (χ1v) is 6.91. The third-order valence-electron chi connectivity index (χ3n) is 3.56. The van der Waals surface area contributed by atoms with E-state index >= 15 is 0 Å². The molecule has 1 aliphatic rings. The van der Waals surface area contributed by atoms with Gasteiger partial charge in [0.1, 0.15) is 0 Å². The lowest BCUT2D eigenvalue weighted by atomic mass is 9.92. The van der Waals surface area contributed by atoms with Crippen molar-refractivity contribution in [2.75, 3.05) is 32.7 Å². The van der Waals surface area contributed by atoms with Crippen LogP contribution in [0, 0.1) is 5.92 Å². The third kappa shape index (κ3) is 5.66. The first-order valence-electron chi connectivity index (χ1n) is 6.91. The summed E-state index contributed by atoms with van der Waals surface area (Å²) >= 11 is 0. The maximum atomic E-state index is 9.54. The molecule has 0 saturated carbocycles. The minimum Gasteiger partial charge on any atom is -0.393 e. The maximum absolute atomic E-state index is 9.54. The molecule has 3 nitrogen and oxygen atoms in total. The smallest absolute Gasteiger partial charge is 0.0541 e. The molecule has 1 atom stereocenters. The molecule has 0 amide bonds. The summed E-state index contributed by atoms with van der Waals surface area (Å²) in [6, 6.07) is 0. The van der Waals surface area contributed by atoms with E-state index < -0.39 is 0 Å². The van der Waals surface area contributed by atoms with Crippen molar-refractivity contribution >= 4 is 0 Å². The summed E-state index contributed by atoms with van der Waals surface area (Å²) in [7, 11) is 0. The Morgan fingerprint density at radius 2 is 2.12 bits per heavy atom. The van der Waals surface area contributed by atoms with Gasteiger partial charge < -0.3 is 10.4 Å². The molecule has 1 heterocycles. The second-order valence-corrected chi connectivity index (χ2v) is 5.28. The standard InChI is InChI=1S/C14H28N2O/c1-4-7-15-10-12(2)11-16-8-5-14(6-9-16)13(3)17/h13-15,17H,2,4-11H2,1,3H3. The van der Waals surface area contributed by atoms with Crippen LogP contribution in [-0.2, 0) is 0 Å². The van der Waals surface area contributed by atoms with Crippen molar-refractivity contribution in [2.24, 2.45) is 5.92 Å². The lowest BCUT2D eigenvalue weighted by Crippen LogP contribution is -2.38. The van der Waals surface area contributed by atoms with Crippen molar-refractivity contribution < 1.29 is 5.11 Å². The number of hydrogen-bond acceptors (Lipinski definition) is 3. The van der Waals surface area contributed by atoms with Crippen LogP contribution in [0.25, 0.3) is 0 Å². The van der Waals surface area contributed by atoms with Crippen LogP contribution in [0.5, 0.6) is 0 Å². The number of aliphatic hydroxyl groups excluding tert-OH is 1. The molecule has 0 aromatic heterocycles. The average molecular weight is 240 g/mol.